The predicted molar refractivity (Wildman–Crippen MR) is 72.3 cm³/mol. The van der Waals surface area contributed by atoms with Crippen LogP contribution in [0.15, 0.2) is 28.7 Å². The van der Waals surface area contributed by atoms with E-state index >= 15 is 0 Å². The molecular weight excluding hydrogens is 278 g/mol. The maximum absolute atomic E-state index is 5.99. The number of rotatable bonds is 2. The van der Waals surface area contributed by atoms with Crippen molar-refractivity contribution in [1.29, 1.82) is 0 Å². The first-order valence-electron chi connectivity index (χ1n) is 6.39. The lowest BCUT2D eigenvalue weighted by atomic mass is 9.62. The molecule has 1 aliphatic carbocycles. The van der Waals surface area contributed by atoms with Crippen LogP contribution < -0.4 is 10.1 Å². The molecule has 0 amide bonds. The van der Waals surface area contributed by atoms with Crippen LogP contribution in [0.1, 0.15) is 25.7 Å². The highest BCUT2D eigenvalue weighted by Gasteiger charge is 2.45. The molecule has 1 aromatic carbocycles. The van der Waals surface area contributed by atoms with Gasteiger partial charge in [0.1, 0.15) is 5.75 Å². The fourth-order valence-corrected chi connectivity index (χ4v) is 3.32. The zero-order valence-electron chi connectivity index (χ0n) is 9.92. The van der Waals surface area contributed by atoms with Crippen molar-refractivity contribution in [2.75, 3.05) is 13.1 Å². The molecule has 1 N–H and O–H groups in total. The molecule has 1 spiro atoms. The Balaban J connectivity index is 1.54. The molecule has 0 atom stereocenters. The molecule has 0 aromatic heterocycles. The Morgan fingerprint density at radius 3 is 2.41 bits per heavy atom. The number of benzene rings is 1. The topological polar surface area (TPSA) is 21.3 Å². The second-order valence-corrected chi connectivity index (χ2v) is 6.27. The molecule has 2 nitrogen and oxygen atoms in total. The second-order valence-electron chi connectivity index (χ2n) is 5.35. The molecule has 1 aromatic rings. The molecular formula is C14H18BrNO. The quantitative estimate of drug-likeness (QED) is 0.903. The zero-order valence-corrected chi connectivity index (χ0v) is 11.5. The standard InChI is InChI=1S/C14H18BrNO/c15-11-1-3-12(4-2-11)17-13-9-14(10-13)5-7-16-8-6-14/h1-4,13,16H,5-10H2. The molecule has 1 saturated carbocycles. The van der Waals surface area contributed by atoms with Crippen LogP contribution in [-0.4, -0.2) is 19.2 Å². The van der Waals surface area contributed by atoms with E-state index in [1.807, 2.05) is 24.3 Å². The number of ether oxygens (including phenoxy) is 1. The molecule has 0 bridgehead atoms. The summed E-state index contributed by atoms with van der Waals surface area (Å²) in [7, 11) is 0. The van der Waals surface area contributed by atoms with Gasteiger partial charge in [-0.3, -0.25) is 0 Å². The summed E-state index contributed by atoms with van der Waals surface area (Å²) in [4.78, 5) is 0. The van der Waals surface area contributed by atoms with Gasteiger partial charge in [-0.1, -0.05) is 15.9 Å². The van der Waals surface area contributed by atoms with Crippen LogP contribution in [-0.2, 0) is 0 Å². The summed E-state index contributed by atoms with van der Waals surface area (Å²) in [6.07, 6.45) is 5.57. The summed E-state index contributed by atoms with van der Waals surface area (Å²) in [5.74, 6) is 1.00. The van der Waals surface area contributed by atoms with Gasteiger partial charge in [0.15, 0.2) is 0 Å². The summed E-state index contributed by atoms with van der Waals surface area (Å²) < 4.78 is 7.10. The van der Waals surface area contributed by atoms with E-state index in [-0.39, 0.29) is 0 Å². The van der Waals surface area contributed by atoms with Gasteiger partial charge in [0.25, 0.3) is 0 Å². The molecule has 1 aliphatic heterocycles. The number of hydrogen-bond acceptors (Lipinski definition) is 2. The average molecular weight is 296 g/mol. The van der Waals surface area contributed by atoms with Crippen molar-refractivity contribution in [3.05, 3.63) is 28.7 Å². The Kier molecular flexibility index (Phi) is 3.14. The van der Waals surface area contributed by atoms with Gasteiger partial charge in [0.2, 0.25) is 0 Å². The number of halogens is 1. The van der Waals surface area contributed by atoms with Crippen molar-refractivity contribution >= 4 is 15.9 Å². The molecule has 17 heavy (non-hydrogen) atoms. The van der Waals surface area contributed by atoms with Crippen LogP contribution in [0.3, 0.4) is 0 Å². The highest BCUT2D eigenvalue weighted by atomic mass is 79.9. The largest absolute Gasteiger partial charge is 0.490 e. The van der Waals surface area contributed by atoms with E-state index in [0.717, 1.165) is 10.2 Å². The summed E-state index contributed by atoms with van der Waals surface area (Å²) >= 11 is 3.44. The Morgan fingerprint density at radius 2 is 1.76 bits per heavy atom. The zero-order chi connectivity index (χ0) is 11.7. The average Bonchev–Trinajstić information content (AvgIpc) is 2.31. The van der Waals surface area contributed by atoms with Crippen molar-refractivity contribution in [1.82, 2.24) is 5.32 Å². The Bertz CT molecular complexity index is 376. The van der Waals surface area contributed by atoms with E-state index in [1.54, 1.807) is 0 Å². The molecule has 2 fully saturated rings. The van der Waals surface area contributed by atoms with E-state index < -0.39 is 0 Å². The minimum atomic E-state index is 0.439. The van der Waals surface area contributed by atoms with Crippen LogP contribution in [0.5, 0.6) is 5.75 Å². The Morgan fingerprint density at radius 1 is 1.12 bits per heavy atom. The summed E-state index contributed by atoms with van der Waals surface area (Å²) in [5, 5.41) is 3.43. The first kappa shape index (κ1) is 11.5. The predicted octanol–water partition coefficient (Wildman–Crippen LogP) is 3.36. The molecule has 92 valence electrons. The lowest BCUT2D eigenvalue weighted by molar-refractivity contribution is -0.0347. The van der Waals surface area contributed by atoms with Crippen LogP contribution >= 0.6 is 15.9 Å². The van der Waals surface area contributed by atoms with Gasteiger partial charge in [-0.25, -0.2) is 0 Å². The smallest absolute Gasteiger partial charge is 0.119 e. The molecule has 1 heterocycles. The fraction of sp³-hybridized carbons (Fsp3) is 0.571. The van der Waals surface area contributed by atoms with Crippen LogP contribution in [0.4, 0.5) is 0 Å². The maximum atomic E-state index is 5.99. The summed E-state index contributed by atoms with van der Waals surface area (Å²) in [5.41, 5.74) is 0.602. The minimum absolute atomic E-state index is 0.439. The van der Waals surface area contributed by atoms with Crippen LogP contribution in [0.25, 0.3) is 0 Å². The Labute approximate surface area is 111 Å². The van der Waals surface area contributed by atoms with Crippen molar-refractivity contribution in [2.24, 2.45) is 5.41 Å². The lowest BCUT2D eigenvalue weighted by Crippen LogP contribution is -2.49. The van der Waals surface area contributed by atoms with Gasteiger partial charge in [-0.15, -0.1) is 0 Å². The van der Waals surface area contributed by atoms with Gasteiger partial charge in [0.05, 0.1) is 6.10 Å². The van der Waals surface area contributed by atoms with Crippen molar-refractivity contribution in [2.45, 2.75) is 31.8 Å². The first-order chi connectivity index (χ1) is 8.26. The van der Waals surface area contributed by atoms with Gasteiger partial charge >= 0.3 is 0 Å². The summed E-state index contributed by atoms with van der Waals surface area (Å²) in [6.45, 7) is 2.37. The molecule has 3 heteroatoms. The third kappa shape index (κ3) is 2.50. The SMILES string of the molecule is Brc1ccc(OC2CC3(CCNCC3)C2)cc1. The van der Waals surface area contributed by atoms with Gasteiger partial charge in [0, 0.05) is 4.47 Å². The second kappa shape index (κ2) is 4.62. The maximum Gasteiger partial charge on any atom is 0.119 e. The summed E-state index contributed by atoms with van der Waals surface area (Å²) in [6, 6.07) is 8.15. The first-order valence-corrected chi connectivity index (χ1v) is 7.18. The molecule has 1 saturated heterocycles. The van der Waals surface area contributed by atoms with E-state index in [9.17, 15) is 0 Å². The van der Waals surface area contributed by atoms with Gasteiger partial charge in [-0.05, 0) is 68.5 Å². The van der Waals surface area contributed by atoms with E-state index in [0.29, 0.717) is 11.5 Å². The number of piperidine rings is 1. The third-order valence-electron chi connectivity index (χ3n) is 4.10. The number of hydrogen-bond donors (Lipinski definition) is 1. The lowest BCUT2D eigenvalue weighted by Gasteiger charge is -2.49. The van der Waals surface area contributed by atoms with Crippen molar-refractivity contribution in [3.63, 3.8) is 0 Å². The highest BCUT2D eigenvalue weighted by Crippen LogP contribution is 2.49. The van der Waals surface area contributed by atoms with E-state index in [4.69, 9.17) is 4.74 Å². The normalized spacial score (nSPS) is 23.4. The highest BCUT2D eigenvalue weighted by molar-refractivity contribution is 9.10. The number of nitrogens with one attached hydrogen (secondary N) is 1. The molecule has 0 unspecified atom stereocenters. The monoisotopic (exact) mass is 295 g/mol. The van der Waals surface area contributed by atoms with Crippen molar-refractivity contribution < 1.29 is 4.74 Å². The molecule has 3 rings (SSSR count). The van der Waals surface area contributed by atoms with Crippen molar-refractivity contribution in [3.8, 4) is 5.75 Å². The Hall–Kier alpha value is -0.540. The third-order valence-corrected chi connectivity index (χ3v) is 4.63. The minimum Gasteiger partial charge on any atom is -0.490 e. The fourth-order valence-electron chi connectivity index (χ4n) is 3.06. The van der Waals surface area contributed by atoms with Crippen LogP contribution in [0.2, 0.25) is 0 Å². The van der Waals surface area contributed by atoms with Crippen LogP contribution in [0, 0.1) is 5.41 Å². The van der Waals surface area contributed by atoms with Gasteiger partial charge < -0.3 is 10.1 Å². The molecule has 0 radical (unpaired) electrons. The molecule has 2 aliphatic rings. The van der Waals surface area contributed by atoms with Gasteiger partial charge in [-0.2, -0.15) is 0 Å². The van der Waals surface area contributed by atoms with E-state index in [1.165, 1.54) is 38.8 Å². The van der Waals surface area contributed by atoms with E-state index in [2.05, 4.69) is 21.2 Å².